The van der Waals surface area contributed by atoms with Gasteiger partial charge in [0.25, 0.3) is 0 Å². The molecule has 2 aromatic rings. The molecule has 5 nitrogen and oxygen atoms in total. The van der Waals surface area contributed by atoms with Crippen molar-refractivity contribution in [1.29, 1.82) is 0 Å². The van der Waals surface area contributed by atoms with Gasteiger partial charge in [0, 0.05) is 5.56 Å². The molecular weight excluding hydrogens is 278 g/mol. The van der Waals surface area contributed by atoms with E-state index in [9.17, 15) is 9.90 Å². The summed E-state index contributed by atoms with van der Waals surface area (Å²) in [5, 5.41) is 11.6. The molecule has 6 heteroatoms. The molecule has 0 spiro atoms. The number of carboxylic acids is 1. The predicted molar refractivity (Wildman–Crippen MR) is 74.3 cm³/mol. The Balaban J connectivity index is 2.42. The van der Waals surface area contributed by atoms with E-state index < -0.39 is 5.97 Å². The van der Waals surface area contributed by atoms with Crippen LogP contribution in [0.4, 0.5) is 0 Å². The van der Waals surface area contributed by atoms with Crippen molar-refractivity contribution >= 4 is 17.3 Å². The Morgan fingerprint density at radius 3 is 2.70 bits per heavy atom. The lowest BCUT2D eigenvalue weighted by molar-refractivity contribution is -0.254. The van der Waals surface area contributed by atoms with Gasteiger partial charge in [0.15, 0.2) is 11.5 Å². The van der Waals surface area contributed by atoms with E-state index in [0.717, 1.165) is 16.9 Å². The van der Waals surface area contributed by atoms with E-state index in [0.29, 0.717) is 28.8 Å². The summed E-state index contributed by atoms with van der Waals surface area (Å²) in [5.74, 6) is 0.0310. The molecule has 0 bridgehead atoms. The van der Waals surface area contributed by atoms with Crippen molar-refractivity contribution in [3.8, 4) is 22.1 Å². The molecule has 0 radical (unpaired) electrons. The number of carbonyl (C=O) groups excluding carboxylic acids is 1. The number of aromatic carboxylic acids is 1. The molecule has 0 amide bonds. The summed E-state index contributed by atoms with van der Waals surface area (Å²) >= 11 is 1.09. The van der Waals surface area contributed by atoms with Crippen LogP contribution in [0.3, 0.4) is 0 Å². The topological polar surface area (TPSA) is 71.5 Å². The fourth-order valence-corrected chi connectivity index (χ4v) is 2.68. The van der Waals surface area contributed by atoms with E-state index in [1.54, 1.807) is 26.2 Å². The van der Waals surface area contributed by atoms with Gasteiger partial charge in [-0.05, 0) is 32.0 Å². The number of carbonyl (C=O) groups is 1. The second-order valence-corrected chi connectivity index (χ2v) is 5.02. The van der Waals surface area contributed by atoms with Gasteiger partial charge in [0.05, 0.1) is 30.3 Å². The molecule has 0 saturated carbocycles. The number of carboxylic acid groups (broad SMARTS) is 1. The minimum Gasteiger partial charge on any atom is -0.544 e. The summed E-state index contributed by atoms with van der Waals surface area (Å²) in [7, 11) is 1.56. The van der Waals surface area contributed by atoms with Gasteiger partial charge in [-0.25, -0.2) is 4.98 Å². The summed E-state index contributed by atoms with van der Waals surface area (Å²) in [6.45, 7) is 4.08. The highest BCUT2D eigenvalue weighted by atomic mass is 32.1. The van der Waals surface area contributed by atoms with Crippen molar-refractivity contribution in [2.75, 3.05) is 13.7 Å². The Morgan fingerprint density at radius 2 is 2.15 bits per heavy atom. The van der Waals surface area contributed by atoms with Gasteiger partial charge >= 0.3 is 0 Å². The minimum absolute atomic E-state index is 0.146. The number of benzene rings is 1. The fraction of sp³-hybridized carbons (Fsp3) is 0.286. The van der Waals surface area contributed by atoms with E-state index in [4.69, 9.17) is 9.47 Å². The first kappa shape index (κ1) is 14.3. The Hall–Kier alpha value is -2.08. The van der Waals surface area contributed by atoms with E-state index in [1.807, 2.05) is 13.0 Å². The van der Waals surface area contributed by atoms with Gasteiger partial charge in [-0.1, -0.05) is 0 Å². The van der Waals surface area contributed by atoms with Gasteiger partial charge in [-0.15, -0.1) is 11.3 Å². The van der Waals surface area contributed by atoms with E-state index >= 15 is 0 Å². The maximum atomic E-state index is 10.9. The van der Waals surface area contributed by atoms with E-state index in [2.05, 4.69) is 4.98 Å². The smallest absolute Gasteiger partial charge is 0.161 e. The molecule has 20 heavy (non-hydrogen) atoms. The zero-order valence-corrected chi connectivity index (χ0v) is 12.2. The lowest BCUT2D eigenvalue weighted by Gasteiger charge is -2.09. The standard InChI is InChI=1S/C14H15NO4S/c1-4-19-10-6-5-9(7-11(10)18-3)13-15-8(2)12(20-13)14(16)17/h5-7H,4H2,1-3H3,(H,16,17)/p-1. The van der Waals surface area contributed by atoms with Crippen molar-refractivity contribution < 1.29 is 19.4 Å². The SMILES string of the molecule is CCOc1ccc(-c2nc(C)c(C(=O)[O-])s2)cc1OC. The van der Waals surface area contributed by atoms with Crippen LogP contribution >= 0.6 is 11.3 Å². The molecule has 1 aromatic carbocycles. The first-order valence-corrected chi connectivity index (χ1v) is 6.88. The number of aryl methyl sites for hydroxylation is 1. The number of nitrogens with zero attached hydrogens (tertiary/aromatic N) is 1. The summed E-state index contributed by atoms with van der Waals surface area (Å²) in [4.78, 5) is 15.3. The second kappa shape index (κ2) is 5.92. The van der Waals surface area contributed by atoms with Crippen LogP contribution in [0.15, 0.2) is 18.2 Å². The maximum absolute atomic E-state index is 10.9. The quantitative estimate of drug-likeness (QED) is 0.841. The number of thiazole rings is 1. The Kier molecular flexibility index (Phi) is 4.24. The third-order valence-corrected chi connectivity index (χ3v) is 3.88. The number of hydrogen-bond acceptors (Lipinski definition) is 6. The summed E-state index contributed by atoms with van der Waals surface area (Å²) in [6.07, 6.45) is 0. The first-order valence-electron chi connectivity index (χ1n) is 6.06. The van der Waals surface area contributed by atoms with Gasteiger partial charge in [-0.2, -0.15) is 0 Å². The third-order valence-electron chi connectivity index (χ3n) is 2.69. The highest BCUT2D eigenvalue weighted by Gasteiger charge is 2.12. The zero-order chi connectivity index (χ0) is 14.7. The molecule has 0 fully saturated rings. The average molecular weight is 292 g/mol. The van der Waals surface area contributed by atoms with E-state index in [1.165, 1.54) is 0 Å². The molecule has 0 N–H and O–H groups in total. The van der Waals surface area contributed by atoms with Crippen LogP contribution < -0.4 is 14.6 Å². The largest absolute Gasteiger partial charge is 0.544 e. The monoisotopic (exact) mass is 292 g/mol. The summed E-state index contributed by atoms with van der Waals surface area (Å²) in [5.41, 5.74) is 1.24. The molecule has 0 atom stereocenters. The number of aromatic nitrogens is 1. The van der Waals surface area contributed by atoms with Crippen molar-refractivity contribution in [3.05, 3.63) is 28.8 Å². The van der Waals surface area contributed by atoms with Crippen LogP contribution in [0.2, 0.25) is 0 Å². The molecule has 0 aliphatic carbocycles. The lowest BCUT2D eigenvalue weighted by Crippen LogP contribution is -2.21. The molecule has 1 aromatic heterocycles. The van der Waals surface area contributed by atoms with Crippen molar-refractivity contribution in [2.45, 2.75) is 13.8 Å². The molecule has 0 aliphatic heterocycles. The molecule has 1 heterocycles. The van der Waals surface area contributed by atoms with Crippen LogP contribution in [0.25, 0.3) is 10.6 Å². The van der Waals surface area contributed by atoms with Crippen LogP contribution in [0.1, 0.15) is 22.3 Å². The predicted octanol–water partition coefficient (Wildman–Crippen LogP) is 1.89. The van der Waals surface area contributed by atoms with Crippen LogP contribution in [-0.2, 0) is 0 Å². The Bertz CT molecular complexity index is 636. The highest BCUT2D eigenvalue weighted by molar-refractivity contribution is 7.17. The average Bonchev–Trinajstić information content (AvgIpc) is 2.82. The second-order valence-electron chi connectivity index (χ2n) is 4.02. The molecule has 2 rings (SSSR count). The van der Waals surface area contributed by atoms with Crippen molar-refractivity contribution in [3.63, 3.8) is 0 Å². The van der Waals surface area contributed by atoms with Gasteiger partial charge in [0.1, 0.15) is 5.01 Å². The minimum atomic E-state index is -1.20. The summed E-state index contributed by atoms with van der Waals surface area (Å²) < 4.78 is 10.7. The maximum Gasteiger partial charge on any atom is 0.161 e. The normalized spacial score (nSPS) is 10.3. The fourth-order valence-electron chi connectivity index (χ4n) is 1.78. The van der Waals surface area contributed by atoms with Crippen molar-refractivity contribution in [1.82, 2.24) is 4.98 Å². The number of hydrogen-bond donors (Lipinski definition) is 0. The molecular formula is C14H14NO4S-. The van der Waals surface area contributed by atoms with Crippen LogP contribution in [0, 0.1) is 6.92 Å². The van der Waals surface area contributed by atoms with E-state index in [-0.39, 0.29) is 4.88 Å². The molecule has 0 aliphatic rings. The molecule has 106 valence electrons. The molecule has 0 saturated heterocycles. The van der Waals surface area contributed by atoms with Gasteiger partial charge < -0.3 is 19.4 Å². The van der Waals surface area contributed by atoms with Gasteiger partial charge in [0.2, 0.25) is 0 Å². The van der Waals surface area contributed by atoms with Crippen LogP contribution in [0.5, 0.6) is 11.5 Å². The number of methoxy groups -OCH3 is 1. The van der Waals surface area contributed by atoms with Gasteiger partial charge in [-0.3, -0.25) is 0 Å². The summed E-state index contributed by atoms with van der Waals surface area (Å²) in [6, 6.07) is 5.39. The first-order chi connectivity index (χ1) is 9.56. The van der Waals surface area contributed by atoms with Crippen molar-refractivity contribution in [2.24, 2.45) is 0 Å². The Labute approximate surface area is 120 Å². The zero-order valence-electron chi connectivity index (χ0n) is 11.4. The number of rotatable bonds is 5. The number of ether oxygens (including phenoxy) is 2. The third kappa shape index (κ3) is 2.75. The molecule has 0 unspecified atom stereocenters. The highest BCUT2D eigenvalue weighted by Crippen LogP contribution is 2.34. The lowest BCUT2D eigenvalue weighted by atomic mass is 10.2. The Morgan fingerprint density at radius 1 is 1.40 bits per heavy atom. The van der Waals surface area contributed by atoms with Crippen LogP contribution in [-0.4, -0.2) is 24.7 Å².